The predicted octanol–water partition coefficient (Wildman–Crippen LogP) is 5.41. The molecule has 0 bridgehead atoms. The largest absolute Gasteiger partial charge is 0.494 e. The van der Waals surface area contributed by atoms with Crippen LogP contribution in [0.15, 0.2) is 41.4 Å². The quantitative estimate of drug-likeness (QED) is 0.501. The second kappa shape index (κ2) is 9.43. The van der Waals surface area contributed by atoms with E-state index in [-0.39, 0.29) is 5.88 Å². The van der Waals surface area contributed by atoms with Gasteiger partial charge in [0, 0.05) is 18.0 Å². The van der Waals surface area contributed by atoms with E-state index in [0.29, 0.717) is 23.5 Å². The van der Waals surface area contributed by atoms with Crippen LogP contribution in [0.2, 0.25) is 0 Å². The normalized spacial score (nSPS) is 15.4. The fraction of sp³-hybridized carbons (Fsp3) is 0.400. The Kier molecular flexibility index (Phi) is 6.47. The zero-order valence-corrected chi connectivity index (χ0v) is 18.6. The number of aromatic amines is 1. The van der Waals surface area contributed by atoms with Gasteiger partial charge >= 0.3 is 0 Å². The number of aromatic hydroxyl groups is 1. The molecule has 6 heteroatoms. The van der Waals surface area contributed by atoms with Gasteiger partial charge in [-0.25, -0.2) is 0 Å². The molecule has 4 rings (SSSR count). The number of likely N-dealkylation sites (tertiary alicyclic amines) is 1. The lowest BCUT2D eigenvalue weighted by Crippen LogP contribution is -2.28. The fourth-order valence-electron chi connectivity index (χ4n) is 4.32. The Morgan fingerprint density at radius 2 is 1.71 bits per heavy atom. The third-order valence-corrected chi connectivity index (χ3v) is 5.96. The molecule has 1 aliphatic heterocycles. The van der Waals surface area contributed by atoms with Gasteiger partial charge in [-0.05, 0) is 56.1 Å². The Bertz CT molecular complexity index is 1060. The van der Waals surface area contributed by atoms with Crippen LogP contribution in [-0.2, 0) is 6.54 Å². The van der Waals surface area contributed by atoms with E-state index < -0.39 is 0 Å². The van der Waals surface area contributed by atoms with Crippen molar-refractivity contribution in [3.8, 4) is 17.4 Å². The second-order valence-electron chi connectivity index (χ2n) is 8.02. The van der Waals surface area contributed by atoms with Crippen LogP contribution in [0, 0.1) is 0 Å². The van der Waals surface area contributed by atoms with Gasteiger partial charge < -0.3 is 19.6 Å². The van der Waals surface area contributed by atoms with E-state index in [1.54, 1.807) is 14.2 Å². The summed E-state index contributed by atoms with van der Waals surface area (Å²) in [5.41, 5.74) is 4.50. The van der Waals surface area contributed by atoms with Crippen molar-refractivity contribution in [2.24, 2.45) is 4.99 Å². The van der Waals surface area contributed by atoms with Crippen molar-refractivity contribution in [1.82, 2.24) is 9.88 Å². The SMILES string of the molecule is CCC(=Nc1ccc(CN2CCCCC2)cc1)c1c(O)[nH]c2cc(OC)c(OC)cc12. The van der Waals surface area contributed by atoms with E-state index in [9.17, 15) is 5.11 Å². The molecule has 1 saturated heterocycles. The smallest absolute Gasteiger partial charge is 0.198 e. The Hall–Kier alpha value is -2.99. The number of ether oxygens (including phenoxy) is 2. The molecule has 1 aromatic heterocycles. The molecule has 2 N–H and O–H groups in total. The molecule has 0 atom stereocenters. The summed E-state index contributed by atoms with van der Waals surface area (Å²) in [6.07, 6.45) is 4.63. The standard InChI is InChI=1S/C25H31N3O3/c1-4-20(24-19-14-22(30-2)23(31-3)15-21(19)27-25(24)29)26-18-10-8-17(9-11-18)16-28-12-6-5-7-13-28/h8-11,14-15,27,29H,4-7,12-13,16H2,1-3H3. The van der Waals surface area contributed by atoms with Crippen molar-refractivity contribution in [3.05, 3.63) is 47.5 Å². The Labute approximate surface area is 183 Å². The second-order valence-corrected chi connectivity index (χ2v) is 8.02. The summed E-state index contributed by atoms with van der Waals surface area (Å²) in [5, 5.41) is 11.5. The van der Waals surface area contributed by atoms with Crippen molar-refractivity contribution < 1.29 is 14.6 Å². The van der Waals surface area contributed by atoms with Gasteiger partial charge in [0.15, 0.2) is 17.4 Å². The fourth-order valence-corrected chi connectivity index (χ4v) is 4.32. The van der Waals surface area contributed by atoms with Crippen LogP contribution in [0.25, 0.3) is 10.9 Å². The van der Waals surface area contributed by atoms with Crippen LogP contribution < -0.4 is 9.47 Å². The summed E-state index contributed by atoms with van der Waals surface area (Å²) in [6.45, 7) is 5.42. The van der Waals surface area contributed by atoms with E-state index >= 15 is 0 Å². The molecule has 164 valence electrons. The van der Waals surface area contributed by atoms with Crippen molar-refractivity contribution in [2.75, 3.05) is 27.3 Å². The van der Waals surface area contributed by atoms with Crippen molar-refractivity contribution in [2.45, 2.75) is 39.2 Å². The molecule has 3 aromatic rings. The zero-order valence-electron chi connectivity index (χ0n) is 18.6. The monoisotopic (exact) mass is 421 g/mol. The van der Waals surface area contributed by atoms with E-state index in [0.717, 1.165) is 28.8 Å². The molecule has 0 saturated carbocycles. The molecule has 6 nitrogen and oxygen atoms in total. The van der Waals surface area contributed by atoms with Crippen molar-refractivity contribution in [3.63, 3.8) is 0 Å². The van der Waals surface area contributed by atoms with Crippen molar-refractivity contribution >= 4 is 22.3 Å². The summed E-state index contributed by atoms with van der Waals surface area (Å²) in [6, 6.07) is 12.1. The van der Waals surface area contributed by atoms with Gasteiger partial charge in [-0.15, -0.1) is 0 Å². The summed E-state index contributed by atoms with van der Waals surface area (Å²) in [7, 11) is 3.21. The highest BCUT2D eigenvalue weighted by atomic mass is 16.5. The lowest BCUT2D eigenvalue weighted by molar-refractivity contribution is 0.221. The first kappa shape index (κ1) is 21.2. The Morgan fingerprint density at radius 1 is 1.03 bits per heavy atom. The van der Waals surface area contributed by atoms with Crippen molar-refractivity contribution in [1.29, 1.82) is 0 Å². The molecule has 0 amide bonds. The van der Waals surface area contributed by atoms with Gasteiger partial charge in [0.25, 0.3) is 0 Å². The lowest BCUT2D eigenvalue weighted by Gasteiger charge is -2.26. The van der Waals surface area contributed by atoms with Gasteiger partial charge in [0.1, 0.15) is 0 Å². The molecule has 31 heavy (non-hydrogen) atoms. The molecule has 0 spiro atoms. The zero-order chi connectivity index (χ0) is 21.8. The van der Waals surface area contributed by atoms with E-state index in [1.165, 1.54) is 37.9 Å². The summed E-state index contributed by atoms with van der Waals surface area (Å²) >= 11 is 0. The summed E-state index contributed by atoms with van der Waals surface area (Å²) < 4.78 is 10.8. The average molecular weight is 422 g/mol. The van der Waals surface area contributed by atoms with Crippen LogP contribution in [0.3, 0.4) is 0 Å². The lowest BCUT2D eigenvalue weighted by atomic mass is 10.1. The third kappa shape index (κ3) is 4.54. The number of nitrogens with one attached hydrogen (secondary N) is 1. The number of benzene rings is 2. The van der Waals surface area contributed by atoms with Gasteiger partial charge in [0.05, 0.1) is 36.7 Å². The topological polar surface area (TPSA) is 70.1 Å². The molecule has 1 fully saturated rings. The number of fused-ring (bicyclic) bond motifs is 1. The molecule has 0 unspecified atom stereocenters. The molecule has 0 aliphatic carbocycles. The number of hydrogen-bond donors (Lipinski definition) is 2. The number of hydrogen-bond acceptors (Lipinski definition) is 5. The van der Waals surface area contributed by atoms with Gasteiger partial charge in [-0.1, -0.05) is 25.5 Å². The highest BCUT2D eigenvalue weighted by molar-refractivity contribution is 6.14. The molecular weight excluding hydrogens is 390 g/mol. The maximum Gasteiger partial charge on any atom is 0.198 e. The predicted molar refractivity (Wildman–Crippen MR) is 125 cm³/mol. The Balaban J connectivity index is 1.63. The van der Waals surface area contributed by atoms with Gasteiger partial charge in [0.2, 0.25) is 0 Å². The van der Waals surface area contributed by atoms with Crippen LogP contribution in [0.4, 0.5) is 5.69 Å². The molecule has 1 aliphatic rings. The minimum atomic E-state index is 0.104. The number of H-pyrrole nitrogens is 1. The van der Waals surface area contributed by atoms with E-state index in [1.807, 2.05) is 19.1 Å². The van der Waals surface area contributed by atoms with Crippen LogP contribution >= 0.6 is 0 Å². The first-order valence-corrected chi connectivity index (χ1v) is 11.0. The highest BCUT2D eigenvalue weighted by Gasteiger charge is 2.19. The number of methoxy groups -OCH3 is 2. The first-order valence-electron chi connectivity index (χ1n) is 11.0. The third-order valence-electron chi connectivity index (χ3n) is 5.96. The molecule has 2 aromatic carbocycles. The highest BCUT2D eigenvalue weighted by Crippen LogP contribution is 2.37. The molecular formula is C25H31N3O3. The van der Waals surface area contributed by atoms with Gasteiger partial charge in [-0.2, -0.15) is 0 Å². The van der Waals surface area contributed by atoms with Crippen LogP contribution in [-0.4, -0.2) is 48.0 Å². The summed E-state index contributed by atoms with van der Waals surface area (Å²) in [5.74, 6) is 1.34. The molecule has 0 radical (unpaired) electrons. The maximum absolute atomic E-state index is 10.6. The van der Waals surface area contributed by atoms with Crippen LogP contribution in [0.1, 0.15) is 43.7 Å². The van der Waals surface area contributed by atoms with E-state index in [4.69, 9.17) is 14.5 Å². The average Bonchev–Trinajstić information content (AvgIpc) is 3.12. The van der Waals surface area contributed by atoms with Crippen LogP contribution in [0.5, 0.6) is 17.4 Å². The summed E-state index contributed by atoms with van der Waals surface area (Å²) in [4.78, 5) is 10.4. The van der Waals surface area contributed by atoms with Gasteiger partial charge in [-0.3, -0.25) is 9.89 Å². The number of rotatable bonds is 7. The number of nitrogens with zero attached hydrogens (tertiary/aromatic N) is 2. The molecule has 2 heterocycles. The number of aliphatic imine (C=N–C) groups is 1. The number of aromatic nitrogens is 1. The minimum absolute atomic E-state index is 0.104. The maximum atomic E-state index is 10.6. The van der Waals surface area contributed by atoms with E-state index in [2.05, 4.69) is 34.1 Å². The first-order chi connectivity index (χ1) is 15.1. The Morgan fingerprint density at radius 3 is 2.35 bits per heavy atom. The minimum Gasteiger partial charge on any atom is -0.494 e. The number of piperidine rings is 1.